The van der Waals surface area contributed by atoms with Crippen LogP contribution in [0, 0.1) is 6.92 Å². The van der Waals surface area contributed by atoms with E-state index in [1.807, 2.05) is 42.5 Å². The van der Waals surface area contributed by atoms with Gasteiger partial charge >= 0.3 is 0 Å². The lowest BCUT2D eigenvalue weighted by atomic mass is 10.2. The van der Waals surface area contributed by atoms with E-state index in [1.54, 1.807) is 25.1 Å². The van der Waals surface area contributed by atoms with Crippen molar-refractivity contribution in [3.8, 4) is 10.4 Å². The van der Waals surface area contributed by atoms with E-state index < -0.39 is 10.0 Å². The highest BCUT2D eigenvalue weighted by molar-refractivity contribution is 7.92. The fourth-order valence-corrected chi connectivity index (χ4v) is 5.00. The lowest BCUT2D eigenvalue weighted by Crippen LogP contribution is -2.15. The number of aromatic nitrogens is 2. The number of sulfonamides is 1. The summed E-state index contributed by atoms with van der Waals surface area (Å²) in [5.74, 6) is 0.289. The van der Waals surface area contributed by atoms with Crippen LogP contribution in [-0.4, -0.2) is 18.4 Å². The van der Waals surface area contributed by atoms with Crippen LogP contribution >= 0.6 is 11.3 Å². The van der Waals surface area contributed by atoms with Crippen LogP contribution in [0.25, 0.3) is 20.7 Å². The first-order chi connectivity index (χ1) is 12.5. The van der Waals surface area contributed by atoms with Gasteiger partial charge in [-0.3, -0.25) is 4.72 Å². The fraction of sp³-hybridized carbons (Fsp3) is 0.0526. The first kappa shape index (κ1) is 16.7. The summed E-state index contributed by atoms with van der Waals surface area (Å²) in [6.45, 7) is 1.77. The molecule has 0 radical (unpaired) electrons. The molecule has 0 aliphatic carbocycles. The van der Waals surface area contributed by atoms with E-state index in [9.17, 15) is 8.42 Å². The van der Waals surface area contributed by atoms with E-state index >= 15 is 0 Å². The third-order valence-corrected chi connectivity index (χ3v) is 6.59. The van der Waals surface area contributed by atoms with Gasteiger partial charge in [-0.15, -0.1) is 11.3 Å². The highest BCUT2D eigenvalue weighted by atomic mass is 32.2. The predicted octanol–water partition coefficient (Wildman–Crippen LogP) is 4.47. The van der Waals surface area contributed by atoms with E-state index in [-0.39, 0.29) is 10.7 Å². The Hall–Kier alpha value is -2.77. The zero-order valence-electron chi connectivity index (χ0n) is 13.9. The van der Waals surface area contributed by atoms with Crippen LogP contribution < -0.4 is 4.72 Å². The molecule has 0 bridgehead atoms. The number of nitrogens with one attached hydrogen (secondary N) is 1. The molecule has 1 N–H and O–H groups in total. The number of aryl methyl sites for hydroxylation is 1. The van der Waals surface area contributed by atoms with Crippen LogP contribution in [-0.2, 0) is 10.0 Å². The second-order valence-corrected chi connectivity index (χ2v) is 8.47. The molecule has 2 heterocycles. The summed E-state index contributed by atoms with van der Waals surface area (Å²) in [6.07, 6.45) is 1.38. The average Bonchev–Trinajstić information content (AvgIpc) is 3.08. The van der Waals surface area contributed by atoms with Crippen molar-refractivity contribution in [3.63, 3.8) is 0 Å². The Labute approximate surface area is 155 Å². The molecule has 0 unspecified atom stereocenters. The van der Waals surface area contributed by atoms with Gasteiger partial charge in [0.05, 0.1) is 10.3 Å². The summed E-state index contributed by atoms with van der Waals surface area (Å²) >= 11 is 1.50. The number of rotatable bonds is 4. The number of thiophene rings is 1. The van der Waals surface area contributed by atoms with Gasteiger partial charge in [-0.05, 0) is 30.2 Å². The molecule has 0 amide bonds. The number of nitrogens with zero attached hydrogens (tertiary/aromatic N) is 2. The van der Waals surface area contributed by atoms with Crippen LogP contribution in [0.3, 0.4) is 0 Å². The molecule has 4 aromatic rings. The SMILES string of the molecule is Cc1ccccc1S(=O)(=O)Nc1ncnc2sc(-c3ccccc3)cc12. The first-order valence-electron chi connectivity index (χ1n) is 7.93. The van der Waals surface area contributed by atoms with Crippen molar-refractivity contribution in [3.05, 3.63) is 72.6 Å². The van der Waals surface area contributed by atoms with Crippen LogP contribution in [0.1, 0.15) is 5.56 Å². The molecule has 2 aromatic heterocycles. The summed E-state index contributed by atoms with van der Waals surface area (Å²) < 4.78 is 28.2. The zero-order valence-corrected chi connectivity index (χ0v) is 15.5. The van der Waals surface area contributed by atoms with Gasteiger partial charge in [0.1, 0.15) is 11.2 Å². The second-order valence-electron chi connectivity index (χ2n) is 5.79. The molecule has 4 rings (SSSR count). The van der Waals surface area contributed by atoms with Crippen molar-refractivity contribution >= 4 is 37.4 Å². The van der Waals surface area contributed by atoms with Gasteiger partial charge in [-0.1, -0.05) is 48.5 Å². The standard InChI is InChI=1S/C19H15N3O2S2/c1-13-7-5-6-10-17(13)26(23,24)22-18-15-11-16(14-8-3-2-4-9-14)25-19(15)21-12-20-18/h2-12H,1H3,(H,20,21,22). The van der Waals surface area contributed by atoms with E-state index in [0.29, 0.717) is 10.9 Å². The predicted molar refractivity (Wildman–Crippen MR) is 105 cm³/mol. The lowest BCUT2D eigenvalue weighted by Gasteiger charge is -2.09. The number of hydrogen-bond acceptors (Lipinski definition) is 5. The van der Waals surface area contributed by atoms with Crippen LogP contribution in [0.15, 0.2) is 71.9 Å². The Bertz CT molecular complexity index is 1190. The highest BCUT2D eigenvalue weighted by Crippen LogP contribution is 2.35. The van der Waals surface area contributed by atoms with Crippen LogP contribution in [0.5, 0.6) is 0 Å². The first-order valence-corrected chi connectivity index (χ1v) is 10.2. The summed E-state index contributed by atoms with van der Waals surface area (Å²) in [5, 5.41) is 0.688. The minimum Gasteiger partial charge on any atom is -0.263 e. The molecule has 0 spiro atoms. The fourth-order valence-electron chi connectivity index (χ4n) is 2.72. The molecular weight excluding hydrogens is 366 g/mol. The number of fused-ring (bicyclic) bond motifs is 1. The minimum absolute atomic E-state index is 0.241. The largest absolute Gasteiger partial charge is 0.263 e. The average molecular weight is 381 g/mol. The zero-order chi connectivity index (χ0) is 18.1. The van der Waals surface area contributed by atoms with Gasteiger partial charge in [0.15, 0.2) is 5.82 Å². The third-order valence-electron chi connectivity index (χ3n) is 4.00. The Morgan fingerprint density at radius 1 is 0.962 bits per heavy atom. The smallest absolute Gasteiger partial charge is 0.263 e. The highest BCUT2D eigenvalue weighted by Gasteiger charge is 2.19. The Kier molecular flexibility index (Phi) is 4.18. The van der Waals surface area contributed by atoms with Gasteiger partial charge in [0, 0.05) is 4.88 Å². The Morgan fingerprint density at radius 3 is 2.46 bits per heavy atom. The molecule has 26 heavy (non-hydrogen) atoms. The van der Waals surface area contributed by atoms with Crippen LogP contribution in [0.2, 0.25) is 0 Å². The molecule has 0 fully saturated rings. The minimum atomic E-state index is -3.73. The maximum atomic E-state index is 12.8. The number of benzene rings is 2. The summed E-state index contributed by atoms with van der Waals surface area (Å²) in [7, 11) is -3.73. The summed E-state index contributed by atoms with van der Waals surface area (Å²) in [6, 6.07) is 18.7. The van der Waals surface area contributed by atoms with Gasteiger partial charge in [0.2, 0.25) is 0 Å². The van der Waals surface area contributed by atoms with Gasteiger partial charge < -0.3 is 0 Å². The van der Waals surface area contributed by atoms with Crippen molar-refractivity contribution in [1.29, 1.82) is 0 Å². The van der Waals surface area contributed by atoms with E-state index in [4.69, 9.17) is 0 Å². The molecule has 7 heteroatoms. The Balaban J connectivity index is 1.78. The number of hydrogen-bond donors (Lipinski definition) is 1. The molecule has 0 saturated heterocycles. The van der Waals surface area contributed by atoms with Gasteiger partial charge in [0.25, 0.3) is 10.0 Å². The summed E-state index contributed by atoms with van der Waals surface area (Å²) in [4.78, 5) is 10.4. The summed E-state index contributed by atoms with van der Waals surface area (Å²) in [5.41, 5.74) is 1.74. The molecule has 0 aliphatic heterocycles. The molecule has 5 nitrogen and oxygen atoms in total. The van der Waals surface area contributed by atoms with E-state index in [1.165, 1.54) is 17.7 Å². The maximum absolute atomic E-state index is 12.8. The third kappa shape index (κ3) is 3.07. The van der Waals surface area contributed by atoms with Gasteiger partial charge in [-0.25, -0.2) is 18.4 Å². The van der Waals surface area contributed by atoms with Crippen molar-refractivity contribution in [2.24, 2.45) is 0 Å². The lowest BCUT2D eigenvalue weighted by molar-refractivity contribution is 0.600. The molecule has 2 aromatic carbocycles. The van der Waals surface area contributed by atoms with Crippen LogP contribution in [0.4, 0.5) is 5.82 Å². The molecule has 0 saturated carbocycles. The molecular formula is C19H15N3O2S2. The second kappa shape index (κ2) is 6.51. The molecule has 130 valence electrons. The topological polar surface area (TPSA) is 72.0 Å². The van der Waals surface area contributed by atoms with E-state index in [0.717, 1.165) is 15.3 Å². The monoisotopic (exact) mass is 381 g/mol. The van der Waals surface area contributed by atoms with Crippen molar-refractivity contribution in [2.75, 3.05) is 4.72 Å². The van der Waals surface area contributed by atoms with Gasteiger partial charge in [-0.2, -0.15) is 0 Å². The quantitative estimate of drug-likeness (QED) is 0.566. The molecule has 0 aliphatic rings. The number of anilines is 1. The normalized spacial score (nSPS) is 11.6. The maximum Gasteiger partial charge on any atom is 0.263 e. The van der Waals surface area contributed by atoms with Crippen molar-refractivity contribution in [1.82, 2.24) is 9.97 Å². The Morgan fingerprint density at radius 2 is 1.69 bits per heavy atom. The van der Waals surface area contributed by atoms with E-state index in [2.05, 4.69) is 14.7 Å². The van der Waals surface area contributed by atoms with Crippen molar-refractivity contribution in [2.45, 2.75) is 11.8 Å². The molecule has 0 atom stereocenters. The van der Waals surface area contributed by atoms with Crippen molar-refractivity contribution < 1.29 is 8.42 Å².